The number of alkyl halides is 6. The van der Waals surface area contributed by atoms with Gasteiger partial charge in [-0.05, 0) is 61.9 Å². The molecule has 1 aliphatic carbocycles. The molecular formula is C27H29F6N5O3. The molecule has 1 saturated carbocycles. The molecule has 0 bridgehead atoms. The van der Waals surface area contributed by atoms with Gasteiger partial charge >= 0.3 is 18.3 Å². The number of para-hydroxylation sites is 1. The molecule has 8 nitrogen and oxygen atoms in total. The molecular weight excluding hydrogens is 556 g/mol. The maximum Gasteiger partial charge on any atom is 0.490 e. The van der Waals surface area contributed by atoms with Gasteiger partial charge in [0.25, 0.3) is 5.91 Å². The lowest BCUT2D eigenvalue weighted by Gasteiger charge is -2.29. The zero-order chi connectivity index (χ0) is 30.4. The molecule has 0 atom stereocenters. The molecule has 3 aromatic rings. The number of halogens is 6. The Balaban J connectivity index is 0.000000587. The second-order valence-electron chi connectivity index (χ2n) is 9.74. The van der Waals surface area contributed by atoms with Gasteiger partial charge in [0.15, 0.2) is 0 Å². The molecule has 3 N–H and O–H groups in total. The summed E-state index contributed by atoms with van der Waals surface area (Å²) < 4.78 is 70.4. The van der Waals surface area contributed by atoms with E-state index in [2.05, 4.69) is 15.6 Å². The number of carbonyl (C=O) groups is 2. The number of fused-ring (bicyclic) bond motifs is 1. The molecule has 2 aromatic carbocycles. The van der Waals surface area contributed by atoms with Gasteiger partial charge in [-0.15, -0.1) is 0 Å². The predicted octanol–water partition coefficient (Wildman–Crippen LogP) is 5.75. The molecule has 1 aromatic heterocycles. The number of anilines is 2. The highest BCUT2D eigenvalue weighted by Crippen LogP contribution is 2.30. The number of amides is 1. The minimum Gasteiger partial charge on any atom is -0.475 e. The molecule has 0 spiro atoms. The average Bonchev–Trinajstić information content (AvgIpc) is 2.91. The molecule has 222 valence electrons. The molecule has 1 amide bonds. The molecule has 1 fully saturated rings. The Hall–Kier alpha value is -4.10. The van der Waals surface area contributed by atoms with Crippen LogP contribution in [-0.2, 0) is 11.0 Å². The lowest BCUT2D eigenvalue weighted by molar-refractivity contribution is -0.192. The van der Waals surface area contributed by atoms with Crippen LogP contribution in [0.2, 0.25) is 0 Å². The van der Waals surface area contributed by atoms with Gasteiger partial charge in [0.1, 0.15) is 5.82 Å². The Labute approximate surface area is 231 Å². The summed E-state index contributed by atoms with van der Waals surface area (Å²) in [6, 6.07) is 12.6. The minimum absolute atomic E-state index is 0.0235. The molecule has 41 heavy (non-hydrogen) atoms. The van der Waals surface area contributed by atoms with E-state index in [0.29, 0.717) is 12.5 Å². The van der Waals surface area contributed by atoms with Crippen LogP contribution >= 0.6 is 0 Å². The number of nitrogens with zero attached hydrogens (tertiary/aromatic N) is 3. The lowest BCUT2D eigenvalue weighted by Crippen LogP contribution is -2.34. The van der Waals surface area contributed by atoms with Gasteiger partial charge in [-0.1, -0.05) is 18.2 Å². The SMILES string of the molecule is CN(C)c1nc(NC2CCC(CNC(=O)c3cccc(C(F)(F)F)c3)CC2)nc2ccccc12.O=C(O)C(F)(F)F. The molecule has 0 unspecified atom stereocenters. The summed E-state index contributed by atoms with van der Waals surface area (Å²) in [5.41, 5.74) is 0.0880. The topological polar surface area (TPSA) is 107 Å². The van der Waals surface area contributed by atoms with Crippen molar-refractivity contribution in [2.75, 3.05) is 30.9 Å². The first-order chi connectivity index (χ1) is 19.1. The molecule has 0 radical (unpaired) electrons. The Morgan fingerprint density at radius 3 is 2.17 bits per heavy atom. The summed E-state index contributed by atoms with van der Waals surface area (Å²) in [6.45, 7) is 0.444. The van der Waals surface area contributed by atoms with Crippen LogP contribution in [0.15, 0.2) is 48.5 Å². The van der Waals surface area contributed by atoms with Crippen molar-refractivity contribution in [3.8, 4) is 0 Å². The number of nitrogens with one attached hydrogen (secondary N) is 2. The molecule has 4 rings (SSSR count). The summed E-state index contributed by atoms with van der Waals surface area (Å²) in [5, 5.41) is 14.4. The van der Waals surface area contributed by atoms with Gasteiger partial charge in [0, 0.05) is 37.6 Å². The van der Waals surface area contributed by atoms with Gasteiger partial charge in [0.2, 0.25) is 5.95 Å². The van der Waals surface area contributed by atoms with Crippen LogP contribution in [0.4, 0.5) is 38.1 Å². The number of benzene rings is 2. The predicted molar refractivity (Wildman–Crippen MR) is 141 cm³/mol. The van der Waals surface area contributed by atoms with E-state index in [0.717, 1.165) is 54.5 Å². The van der Waals surface area contributed by atoms with E-state index in [9.17, 15) is 31.1 Å². The Bertz CT molecular complexity index is 1360. The van der Waals surface area contributed by atoms with Gasteiger partial charge in [-0.2, -0.15) is 31.3 Å². The number of aromatic nitrogens is 2. The van der Waals surface area contributed by atoms with Gasteiger partial charge in [-0.25, -0.2) is 9.78 Å². The third kappa shape index (κ3) is 8.95. The van der Waals surface area contributed by atoms with Crippen LogP contribution in [0.3, 0.4) is 0 Å². The van der Waals surface area contributed by atoms with Crippen LogP contribution < -0.4 is 15.5 Å². The fraction of sp³-hybridized carbons (Fsp3) is 0.407. The van der Waals surface area contributed by atoms with Crippen molar-refractivity contribution >= 4 is 34.5 Å². The second-order valence-corrected chi connectivity index (χ2v) is 9.74. The van der Waals surface area contributed by atoms with Crippen LogP contribution in [0.25, 0.3) is 10.9 Å². The fourth-order valence-electron chi connectivity index (χ4n) is 4.33. The van der Waals surface area contributed by atoms with E-state index in [1.165, 1.54) is 12.1 Å². The first-order valence-corrected chi connectivity index (χ1v) is 12.6. The van der Waals surface area contributed by atoms with Gasteiger partial charge in [-0.3, -0.25) is 4.79 Å². The fourth-order valence-corrected chi connectivity index (χ4v) is 4.33. The number of carbonyl (C=O) groups excluding carboxylic acids is 1. The van der Waals surface area contributed by atoms with Crippen LogP contribution in [0.5, 0.6) is 0 Å². The van der Waals surface area contributed by atoms with Crippen LogP contribution in [0.1, 0.15) is 41.6 Å². The van der Waals surface area contributed by atoms with Crippen LogP contribution in [-0.4, -0.2) is 59.8 Å². The third-order valence-electron chi connectivity index (χ3n) is 6.43. The van der Waals surface area contributed by atoms with Crippen molar-refractivity contribution in [2.24, 2.45) is 5.92 Å². The van der Waals surface area contributed by atoms with Gasteiger partial charge < -0.3 is 20.6 Å². The molecule has 1 heterocycles. The first kappa shape index (κ1) is 31.4. The summed E-state index contributed by atoms with van der Waals surface area (Å²) in [7, 11) is 3.91. The number of rotatable bonds is 6. The van der Waals surface area contributed by atoms with Gasteiger partial charge in [0.05, 0.1) is 11.1 Å². The average molecular weight is 586 g/mol. The normalized spacial score (nSPS) is 17.3. The highest BCUT2D eigenvalue weighted by Gasteiger charge is 2.38. The Morgan fingerprint density at radius 1 is 0.951 bits per heavy atom. The third-order valence-corrected chi connectivity index (χ3v) is 6.43. The number of carboxylic acids is 1. The monoisotopic (exact) mass is 585 g/mol. The number of hydrogen-bond acceptors (Lipinski definition) is 6. The maximum absolute atomic E-state index is 12.9. The number of aliphatic carboxylic acids is 1. The van der Waals surface area contributed by atoms with Crippen molar-refractivity contribution in [2.45, 2.75) is 44.1 Å². The van der Waals surface area contributed by atoms with Crippen molar-refractivity contribution in [3.05, 3.63) is 59.7 Å². The van der Waals surface area contributed by atoms with E-state index < -0.39 is 29.8 Å². The summed E-state index contributed by atoms with van der Waals surface area (Å²) >= 11 is 0. The second kappa shape index (κ2) is 13.0. The van der Waals surface area contributed by atoms with Crippen molar-refractivity contribution in [1.29, 1.82) is 0 Å². The van der Waals surface area contributed by atoms with E-state index in [-0.39, 0.29) is 17.5 Å². The molecule has 1 aliphatic rings. The van der Waals surface area contributed by atoms with Crippen molar-refractivity contribution < 1.29 is 41.0 Å². The largest absolute Gasteiger partial charge is 0.490 e. The van der Waals surface area contributed by atoms with Crippen molar-refractivity contribution in [1.82, 2.24) is 15.3 Å². The Morgan fingerprint density at radius 2 is 1.59 bits per heavy atom. The first-order valence-electron chi connectivity index (χ1n) is 12.6. The van der Waals surface area contributed by atoms with E-state index >= 15 is 0 Å². The number of carboxylic acid groups (broad SMARTS) is 1. The molecule has 14 heteroatoms. The lowest BCUT2D eigenvalue weighted by atomic mass is 9.86. The summed E-state index contributed by atoms with van der Waals surface area (Å²) in [6.07, 6.45) is -5.96. The number of hydrogen-bond donors (Lipinski definition) is 3. The van der Waals surface area contributed by atoms with E-state index in [1.807, 2.05) is 43.3 Å². The highest BCUT2D eigenvalue weighted by molar-refractivity contribution is 5.94. The zero-order valence-electron chi connectivity index (χ0n) is 22.2. The molecule has 0 aliphatic heterocycles. The minimum atomic E-state index is -5.08. The standard InChI is InChI=1S/C25H28F3N5O.C2HF3O2/c1-33(2)22-20-8-3-4-9-21(20)31-24(32-22)30-19-12-10-16(11-13-19)15-29-23(34)17-6-5-7-18(14-17)25(26,27)28;3-2(4,5)1(6)7/h3-9,14,16,19H,10-13,15H2,1-2H3,(H,29,34)(H,30,31,32);(H,6,7). The zero-order valence-corrected chi connectivity index (χ0v) is 22.2. The highest BCUT2D eigenvalue weighted by atomic mass is 19.4. The quantitative estimate of drug-likeness (QED) is 0.317. The summed E-state index contributed by atoms with van der Waals surface area (Å²) in [4.78, 5) is 32.6. The molecule has 0 saturated heterocycles. The maximum atomic E-state index is 12.9. The van der Waals surface area contributed by atoms with E-state index in [4.69, 9.17) is 14.9 Å². The Kier molecular flexibility index (Phi) is 10.00. The van der Waals surface area contributed by atoms with Crippen molar-refractivity contribution in [3.63, 3.8) is 0 Å². The summed E-state index contributed by atoms with van der Waals surface area (Å²) in [5.74, 6) is -1.50. The smallest absolute Gasteiger partial charge is 0.475 e. The van der Waals surface area contributed by atoms with E-state index in [1.54, 1.807) is 0 Å². The van der Waals surface area contributed by atoms with Crippen LogP contribution in [0, 0.1) is 5.92 Å².